The smallest absolute Gasteiger partial charge is 0.412 e. The van der Waals surface area contributed by atoms with Gasteiger partial charge in [-0.2, -0.15) is 18.2 Å². The van der Waals surface area contributed by atoms with E-state index in [9.17, 15) is 18.3 Å². The van der Waals surface area contributed by atoms with E-state index in [1.165, 1.54) is 12.2 Å². The number of nitrogens with zero attached hydrogens (tertiary/aromatic N) is 2. The van der Waals surface area contributed by atoms with Gasteiger partial charge in [-0.1, -0.05) is 23.8 Å². The van der Waals surface area contributed by atoms with Crippen LogP contribution >= 0.6 is 11.6 Å². The summed E-state index contributed by atoms with van der Waals surface area (Å²) in [6, 6.07) is 1.74. The molecule has 1 saturated carbocycles. The summed E-state index contributed by atoms with van der Waals surface area (Å²) in [5, 5.41) is 12.8. The van der Waals surface area contributed by atoms with Gasteiger partial charge in [0.2, 0.25) is 5.95 Å². The van der Waals surface area contributed by atoms with Crippen molar-refractivity contribution in [1.82, 2.24) is 9.97 Å². The van der Waals surface area contributed by atoms with E-state index in [-0.39, 0.29) is 42.5 Å². The number of nitrogen functional groups attached to an aromatic ring is 1. The number of aliphatic hydroxyl groups is 1. The van der Waals surface area contributed by atoms with Crippen molar-refractivity contribution >= 4 is 29.4 Å². The molecule has 31 heavy (non-hydrogen) atoms. The minimum Gasteiger partial charge on any atom is -0.456 e. The van der Waals surface area contributed by atoms with E-state index in [1.807, 2.05) is 0 Å². The quantitative estimate of drug-likeness (QED) is 0.444. The third-order valence-electron chi connectivity index (χ3n) is 5.65. The summed E-state index contributed by atoms with van der Waals surface area (Å²) in [5.74, 6) is 1.43. The maximum atomic E-state index is 13.1. The van der Waals surface area contributed by atoms with E-state index in [0.717, 1.165) is 19.3 Å². The molecule has 0 bridgehead atoms. The molecule has 2 aliphatic carbocycles. The zero-order valence-corrected chi connectivity index (χ0v) is 17.3. The fraction of sp³-hybridized carbons (Fsp3) is 0.429. The zero-order chi connectivity index (χ0) is 22.2. The highest BCUT2D eigenvalue weighted by molar-refractivity contribution is 6.32. The van der Waals surface area contributed by atoms with Crippen LogP contribution in [0.5, 0.6) is 0 Å². The maximum Gasteiger partial charge on any atom is 0.412 e. The second-order valence-corrected chi connectivity index (χ2v) is 8.20. The summed E-state index contributed by atoms with van der Waals surface area (Å²) in [5.41, 5.74) is 6.21. The maximum absolute atomic E-state index is 13.1. The number of aliphatic hydroxyl groups excluding tert-OH is 1. The standard InChI is InChI=1S/C21H22ClF3N4O2/c22-18-17(19(29-20(26)28-18)27-14-7-4-11(8-14)10-30)16-9-12-5-6-13(21(23,24)25)2-1-3-15(12)31-16/h1,3,6,9,11,14,30H,2,4-5,7-8,10H2,(H3,26,27,28,29)/b3-1?,13-6+. The molecule has 4 N–H and O–H groups in total. The van der Waals surface area contributed by atoms with Gasteiger partial charge in [0.05, 0.1) is 5.56 Å². The predicted molar refractivity (Wildman–Crippen MR) is 112 cm³/mol. The number of halogens is 4. The van der Waals surface area contributed by atoms with Crippen molar-refractivity contribution in [2.45, 2.75) is 44.3 Å². The predicted octanol–water partition coefficient (Wildman–Crippen LogP) is 4.99. The third kappa shape index (κ3) is 4.72. The lowest BCUT2D eigenvalue weighted by molar-refractivity contribution is -0.0931. The van der Waals surface area contributed by atoms with Crippen LogP contribution in [0, 0.1) is 5.92 Å². The van der Waals surface area contributed by atoms with E-state index >= 15 is 0 Å². The lowest BCUT2D eigenvalue weighted by Crippen LogP contribution is -2.18. The Labute approximate surface area is 182 Å². The first kappa shape index (κ1) is 21.7. The number of fused-ring (bicyclic) bond motifs is 1. The van der Waals surface area contributed by atoms with Gasteiger partial charge in [-0.05, 0) is 50.2 Å². The van der Waals surface area contributed by atoms with Crippen molar-refractivity contribution < 1.29 is 22.7 Å². The molecular weight excluding hydrogens is 433 g/mol. The topological polar surface area (TPSA) is 97.2 Å². The first-order chi connectivity index (χ1) is 14.7. The van der Waals surface area contributed by atoms with Crippen LogP contribution in [0.3, 0.4) is 0 Å². The largest absolute Gasteiger partial charge is 0.456 e. The van der Waals surface area contributed by atoms with Gasteiger partial charge in [-0.15, -0.1) is 0 Å². The molecule has 1 fully saturated rings. The highest BCUT2D eigenvalue weighted by Crippen LogP contribution is 2.39. The number of furan rings is 1. The van der Waals surface area contributed by atoms with Crippen molar-refractivity contribution in [2.75, 3.05) is 17.7 Å². The van der Waals surface area contributed by atoms with Crippen molar-refractivity contribution in [3.05, 3.63) is 40.3 Å². The molecule has 0 radical (unpaired) electrons. The van der Waals surface area contributed by atoms with Crippen LogP contribution in [-0.4, -0.2) is 33.9 Å². The first-order valence-corrected chi connectivity index (χ1v) is 10.4. The first-order valence-electron chi connectivity index (χ1n) is 10.0. The van der Waals surface area contributed by atoms with Gasteiger partial charge in [-0.3, -0.25) is 0 Å². The minimum atomic E-state index is -4.37. The summed E-state index contributed by atoms with van der Waals surface area (Å²) in [6.07, 6.45) is 2.17. The molecule has 2 aliphatic rings. The monoisotopic (exact) mass is 454 g/mol. The second-order valence-electron chi connectivity index (χ2n) is 7.84. The number of alkyl halides is 3. The molecule has 0 amide bonds. The molecule has 4 rings (SSSR count). The number of hydrogen-bond donors (Lipinski definition) is 3. The molecule has 2 atom stereocenters. The number of nitrogens with one attached hydrogen (secondary N) is 1. The number of hydrogen-bond acceptors (Lipinski definition) is 6. The molecule has 0 saturated heterocycles. The molecule has 0 aromatic carbocycles. The van der Waals surface area contributed by atoms with Gasteiger partial charge in [0, 0.05) is 23.8 Å². The Kier molecular flexibility index (Phi) is 5.98. The molecule has 2 aromatic heterocycles. The number of aromatic nitrogens is 2. The Hall–Kier alpha value is -2.52. The van der Waals surface area contributed by atoms with E-state index in [4.69, 9.17) is 21.8 Å². The van der Waals surface area contributed by atoms with Crippen molar-refractivity contribution in [3.63, 3.8) is 0 Å². The molecule has 6 nitrogen and oxygen atoms in total. The van der Waals surface area contributed by atoms with Gasteiger partial charge in [0.1, 0.15) is 22.5 Å². The van der Waals surface area contributed by atoms with Crippen LogP contribution in [0.1, 0.15) is 37.0 Å². The Morgan fingerprint density at radius 3 is 2.77 bits per heavy atom. The van der Waals surface area contributed by atoms with Crippen molar-refractivity contribution in [1.29, 1.82) is 0 Å². The third-order valence-corrected chi connectivity index (χ3v) is 5.92. The Morgan fingerprint density at radius 1 is 1.26 bits per heavy atom. The SMILES string of the molecule is Nc1nc(Cl)c(-c2cc3c(o2)C=CC/C(C(F)(F)F)=C\C3)c(NC2CCC(CO)C2)n1. The van der Waals surface area contributed by atoms with Crippen molar-refractivity contribution in [3.8, 4) is 11.3 Å². The fourth-order valence-electron chi connectivity index (χ4n) is 4.05. The summed E-state index contributed by atoms with van der Waals surface area (Å²) in [6.45, 7) is 0.127. The summed E-state index contributed by atoms with van der Waals surface area (Å²) in [4.78, 5) is 8.30. The summed E-state index contributed by atoms with van der Waals surface area (Å²) < 4.78 is 45.2. The van der Waals surface area contributed by atoms with Gasteiger partial charge in [-0.25, -0.2) is 4.98 Å². The van der Waals surface area contributed by atoms with Gasteiger partial charge < -0.3 is 20.6 Å². The van der Waals surface area contributed by atoms with Crippen LogP contribution in [0.2, 0.25) is 5.15 Å². The molecule has 2 heterocycles. The van der Waals surface area contributed by atoms with E-state index in [1.54, 1.807) is 12.1 Å². The minimum absolute atomic E-state index is 0.00415. The molecule has 2 aromatic rings. The average Bonchev–Trinajstić information content (AvgIpc) is 3.27. The normalized spacial score (nSPS) is 23.1. The van der Waals surface area contributed by atoms with Crippen LogP contribution in [0.15, 0.2) is 28.2 Å². The van der Waals surface area contributed by atoms with Crippen molar-refractivity contribution in [2.24, 2.45) is 5.92 Å². The van der Waals surface area contributed by atoms with E-state index in [2.05, 4.69) is 15.3 Å². The molecule has 10 heteroatoms. The Balaban J connectivity index is 1.68. The number of allylic oxidation sites excluding steroid dienone is 3. The summed E-state index contributed by atoms with van der Waals surface area (Å²) >= 11 is 6.37. The fourth-order valence-corrected chi connectivity index (χ4v) is 4.31. The molecule has 0 aliphatic heterocycles. The zero-order valence-electron chi connectivity index (χ0n) is 16.5. The van der Waals surface area contributed by atoms with Gasteiger partial charge in [0.15, 0.2) is 0 Å². The average molecular weight is 455 g/mol. The second kappa shape index (κ2) is 8.55. The number of anilines is 2. The van der Waals surface area contributed by atoms with Crippen LogP contribution in [-0.2, 0) is 6.42 Å². The van der Waals surface area contributed by atoms with Gasteiger partial charge >= 0.3 is 6.18 Å². The molecule has 2 unspecified atom stereocenters. The lowest BCUT2D eigenvalue weighted by Gasteiger charge is -2.16. The Morgan fingerprint density at radius 2 is 2.06 bits per heavy atom. The molecule has 166 valence electrons. The Bertz CT molecular complexity index is 1030. The van der Waals surface area contributed by atoms with E-state index in [0.29, 0.717) is 28.5 Å². The van der Waals surface area contributed by atoms with Crippen LogP contribution in [0.4, 0.5) is 24.9 Å². The molecular formula is C21H22ClF3N4O2. The number of rotatable bonds is 4. The summed E-state index contributed by atoms with van der Waals surface area (Å²) in [7, 11) is 0. The highest BCUT2D eigenvalue weighted by atomic mass is 35.5. The van der Waals surface area contributed by atoms with Gasteiger partial charge in [0.25, 0.3) is 0 Å². The molecule has 0 spiro atoms. The number of nitrogens with two attached hydrogens (primary N) is 1. The van der Waals surface area contributed by atoms with E-state index < -0.39 is 11.7 Å². The highest BCUT2D eigenvalue weighted by Gasteiger charge is 2.33. The lowest BCUT2D eigenvalue weighted by atomic mass is 10.0. The van der Waals surface area contributed by atoms with Crippen LogP contribution < -0.4 is 11.1 Å². The van der Waals surface area contributed by atoms with Crippen LogP contribution in [0.25, 0.3) is 17.4 Å².